The van der Waals surface area contributed by atoms with E-state index in [-0.39, 0.29) is 18.0 Å². The first-order valence-electron chi connectivity index (χ1n) is 11.3. The molecule has 4 aromatic heterocycles. The number of rotatable bonds is 11. The average Bonchev–Trinajstić information content (AvgIpc) is 3.45. The van der Waals surface area contributed by atoms with Gasteiger partial charge in [-0.05, 0) is 31.4 Å². The first kappa shape index (κ1) is 23.4. The zero-order valence-corrected chi connectivity index (χ0v) is 19.5. The fourth-order valence-electron chi connectivity index (χ4n) is 3.88. The Labute approximate surface area is 197 Å². The van der Waals surface area contributed by atoms with E-state index in [9.17, 15) is 9.59 Å². The molecule has 178 valence electrons. The molecule has 0 unspecified atom stereocenters. The highest BCUT2D eigenvalue weighted by atomic mass is 16.5. The summed E-state index contributed by atoms with van der Waals surface area (Å²) in [5.74, 6) is -0.263. The van der Waals surface area contributed by atoms with Gasteiger partial charge in [-0.15, -0.1) is 0 Å². The second-order valence-electron chi connectivity index (χ2n) is 8.22. The summed E-state index contributed by atoms with van der Waals surface area (Å²) in [5, 5.41) is 8.07. The van der Waals surface area contributed by atoms with Crippen LogP contribution in [0.5, 0.6) is 0 Å². The average molecular weight is 464 g/mol. The molecule has 0 fully saturated rings. The molecule has 0 aliphatic rings. The maximum absolute atomic E-state index is 13.3. The van der Waals surface area contributed by atoms with Crippen LogP contribution in [0.2, 0.25) is 0 Å². The number of unbranched alkanes of at least 4 members (excludes halogenated alkanes) is 2. The van der Waals surface area contributed by atoms with E-state index in [1.54, 1.807) is 49.8 Å². The molecular weight excluding hydrogens is 434 g/mol. The van der Waals surface area contributed by atoms with E-state index in [1.165, 1.54) is 4.57 Å². The van der Waals surface area contributed by atoms with Gasteiger partial charge < -0.3 is 15.0 Å². The number of ether oxygens (including phenoxy) is 1. The second-order valence-corrected chi connectivity index (χ2v) is 8.22. The number of aryl methyl sites for hydroxylation is 2. The summed E-state index contributed by atoms with van der Waals surface area (Å²) in [6, 6.07) is 3.83. The Bertz CT molecular complexity index is 1290. The number of aromatic nitrogens is 6. The van der Waals surface area contributed by atoms with E-state index in [2.05, 4.69) is 25.4 Å². The molecule has 0 saturated carbocycles. The Hall–Kier alpha value is -3.79. The lowest BCUT2D eigenvalue weighted by Crippen LogP contribution is -2.34. The van der Waals surface area contributed by atoms with Crippen LogP contribution in [0.4, 0.5) is 0 Å². The highest BCUT2D eigenvalue weighted by molar-refractivity contribution is 5.80. The van der Waals surface area contributed by atoms with Crippen LogP contribution >= 0.6 is 0 Å². The number of fused-ring (bicyclic) bond motifs is 1. The van der Waals surface area contributed by atoms with Gasteiger partial charge in [0, 0.05) is 61.5 Å². The number of hydrogen-bond donors (Lipinski definition) is 2. The summed E-state index contributed by atoms with van der Waals surface area (Å²) in [6.07, 6.45) is 11.9. The van der Waals surface area contributed by atoms with Crippen molar-refractivity contribution in [3.05, 3.63) is 64.9 Å². The van der Waals surface area contributed by atoms with E-state index in [4.69, 9.17) is 4.74 Å². The van der Waals surface area contributed by atoms with Gasteiger partial charge in [0.1, 0.15) is 12.2 Å². The highest BCUT2D eigenvalue weighted by Gasteiger charge is 2.16. The number of carbonyl (C=O) groups excluding carboxylic acids is 1. The zero-order valence-electron chi connectivity index (χ0n) is 19.5. The van der Waals surface area contributed by atoms with Crippen LogP contribution in [0, 0.1) is 0 Å². The standard InChI is InChI=1S/C24H29N7O3/c1-30-15-18(12-28-30)22-14-26-21(6-4-3-5-9-34-2)24(33)31(22)16-23(32)27-13-19-10-17-11-25-8-7-20(17)29-19/h7-8,10-12,14-15,29H,3-6,9,13,16H2,1-2H3,(H,27,32). The van der Waals surface area contributed by atoms with Gasteiger partial charge in [-0.1, -0.05) is 6.42 Å². The number of hydrogen-bond acceptors (Lipinski definition) is 6. The molecule has 0 aliphatic heterocycles. The van der Waals surface area contributed by atoms with Gasteiger partial charge in [-0.25, -0.2) is 0 Å². The van der Waals surface area contributed by atoms with Gasteiger partial charge in [0.05, 0.1) is 24.6 Å². The maximum atomic E-state index is 13.3. The van der Waals surface area contributed by atoms with E-state index in [0.717, 1.165) is 41.4 Å². The van der Waals surface area contributed by atoms with Crippen molar-refractivity contribution in [2.75, 3.05) is 13.7 Å². The summed E-state index contributed by atoms with van der Waals surface area (Å²) in [4.78, 5) is 37.9. The van der Waals surface area contributed by atoms with E-state index < -0.39 is 0 Å². The molecule has 0 radical (unpaired) electrons. The quantitative estimate of drug-likeness (QED) is 0.329. The van der Waals surface area contributed by atoms with Crippen LogP contribution in [0.3, 0.4) is 0 Å². The third kappa shape index (κ3) is 5.57. The minimum Gasteiger partial charge on any atom is -0.385 e. The van der Waals surface area contributed by atoms with Crippen molar-refractivity contribution in [2.24, 2.45) is 7.05 Å². The summed E-state index contributed by atoms with van der Waals surface area (Å²) in [5.41, 5.74) is 3.32. The SMILES string of the molecule is COCCCCCc1ncc(-c2cnn(C)c2)n(CC(=O)NCc2cc3cnccc3[nH]2)c1=O. The summed E-state index contributed by atoms with van der Waals surface area (Å²) < 4.78 is 8.22. The Kier molecular flexibility index (Phi) is 7.48. The number of methoxy groups -OCH3 is 1. The van der Waals surface area contributed by atoms with Crippen molar-refractivity contribution < 1.29 is 9.53 Å². The molecular formula is C24H29N7O3. The van der Waals surface area contributed by atoms with Crippen molar-refractivity contribution >= 4 is 16.8 Å². The van der Waals surface area contributed by atoms with Gasteiger partial charge in [0.2, 0.25) is 5.91 Å². The fraction of sp³-hybridized carbons (Fsp3) is 0.375. The number of aromatic amines is 1. The molecule has 0 atom stereocenters. The summed E-state index contributed by atoms with van der Waals surface area (Å²) >= 11 is 0. The van der Waals surface area contributed by atoms with Crippen molar-refractivity contribution in [3.8, 4) is 11.3 Å². The Morgan fingerprint density at radius 2 is 2.09 bits per heavy atom. The molecule has 0 bridgehead atoms. The van der Waals surface area contributed by atoms with Gasteiger partial charge in [0.15, 0.2) is 0 Å². The van der Waals surface area contributed by atoms with Gasteiger partial charge >= 0.3 is 0 Å². The van der Waals surface area contributed by atoms with Crippen LogP contribution in [0.15, 0.2) is 47.9 Å². The van der Waals surface area contributed by atoms with Crippen LogP contribution < -0.4 is 10.9 Å². The molecule has 2 N–H and O–H groups in total. The molecule has 0 aromatic carbocycles. The van der Waals surface area contributed by atoms with Crippen molar-refractivity contribution in [1.29, 1.82) is 0 Å². The number of H-pyrrole nitrogens is 1. The summed E-state index contributed by atoms with van der Waals surface area (Å²) in [6.45, 7) is 0.913. The summed E-state index contributed by atoms with van der Waals surface area (Å²) in [7, 11) is 3.48. The number of nitrogens with one attached hydrogen (secondary N) is 2. The molecule has 4 heterocycles. The Morgan fingerprint density at radius 1 is 1.21 bits per heavy atom. The van der Waals surface area contributed by atoms with E-state index in [1.807, 2.05) is 12.1 Å². The second kappa shape index (κ2) is 10.9. The van der Waals surface area contributed by atoms with Crippen LogP contribution in [0.1, 0.15) is 30.7 Å². The molecule has 0 saturated heterocycles. The molecule has 34 heavy (non-hydrogen) atoms. The number of amides is 1. The normalized spacial score (nSPS) is 11.2. The van der Waals surface area contributed by atoms with Crippen LogP contribution in [-0.4, -0.2) is 48.9 Å². The number of nitrogens with zero attached hydrogens (tertiary/aromatic N) is 5. The lowest BCUT2D eigenvalue weighted by molar-refractivity contribution is -0.121. The molecule has 4 rings (SSSR count). The predicted molar refractivity (Wildman–Crippen MR) is 128 cm³/mol. The lowest BCUT2D eigenvalue weighted by atomic mass is 10.1. The first-order valence-corrected chi connectivity index (χ1v) is 11.3. The minimum atomic E-state index is -0.263. The monoisotopic (exact) mass is 463 g/mol. The lowest BCUT2D eigenvalue weighted by Gasteiger charge is -2.13. The van der Waals surface area contributed by atoms with Gasteiger partial charge in [-0.3, -0.25) is 28.8 Å². The number of carbonyl (C=O) groups is 1. The fourth-order valence-corrected chi connectivity index (χ4v) is 3.88. The molecule has 4 aromatic rings. The third-order valence-corrected chi connectivity index (χ3v) is 5.64. The van der Waals surface area contributed by atoms with Crippen LogP contribution in [0.25, 0.3) is 22.2 Å². The molecule has 1 amide bonds. The van der Waals surface area contributed by atoms with Gasteiger partial charge in [0.25, 0.3) is 5.56 Å². The Morgan fingerprint density at radius 3 is 2.85 bits per heavy atom. The van der Waals surface area contributed by atoms with Crippen molar-refractivity contribution in [3.63, 3.8) is 0 Å². The van der Waals surface area contributed by atoms with Crippen molar-refractivity contribution in [2.45, 2.75) is 38.8 Å². The molecule has 10 nitrogen and oxygen atoms in total. The van der Waals surface area contributed by atoms with E-state index in [0.29, 0.717) is 31.0 Å². The maximum Gasteiger partial charge on any atom is 0.273 e. The van der Waals surface area contributed by atoms with Crippen LogP contribution in [-0.2, 0) is 36.1 Å². The third-order valence-electron chi connectivity index (χ3n) is 5.64. The molecule has 10 heteroatoms. The topological polar surface area (TPSA) is 120 Å². The first-order chi connectivity index (χ1) is 16.5. The predicted octanol–water partition coefficient (Wildman–Crippen LogP) is 2.20. The Balaban J connectivity index is 1.50. The van der Waals surface area contributed by atoms with E-state index >= 15 is 0 Å². The largest absolute Gasteiger partial charge is 0.385 e. The zero-order chi connectivity index (χ0) is 23.9. The minimum absolute atomic E-state index is 0.107. The molecule has 0 aliphatic carbocycles. The highest BCUT2D eigenvalue weighted by Crippen LogP contribution is 2.17. The number of pyridine rings is 1. The van der Waals surface area contributed by atoms with Crippen molar-refractivity contribution in [1.82, 2.24) is 34.6 Å². The smallest absolute Gasteiger partial charge is 0.273 e. The molecule has 0 spiro atoms. The van der Waals surface area contributed by atoms with Gasteiger partial charge in [-0.2, -0.15) is 5.10 Å².